The van der Waals surface area contributed by atoms with Gasteiger partial charge in [0.05, 0.1) is 0 Å². The summed E-state index contributed by atoms with van der Waals surface area (Å²) in [6, 6.07) is 13.3. The predicted molar refractivity (Wildman–Crippen MR) is 87.7 cm³/mol. The first-order valence-electron chi connectivity index (χ1n) is 6.81. The highest BCUT2D eigenvalue weighted by Gasteiger charge is 2.04. The molecule has 2 rings (SSSR count). The zero-order chi connectivity index (χ0) is 15.1. The number of benzene rings is 1. The zero-order valence-corrected chi connectivity index (χ0v) is 12.9. The summed E-state index contributed by atoms with van der Waals surface area (Å²) < 4.78 is 5.57. The molecule has 0 bridgehead atoms. The number of nitrogens with zero attached hydrogens (tertiary/aromatic N) is 2. The summed E-state index contributed by atoms with van der Waals surface area (Å²) >= 11 is 5.20. The normalized spacial score (nSPS) is 11.5. The standard InChI is InChI=1S/C15H18N4OS/c1-3-11(2)16-15(21)17-13-9-10-14(19-18-13)20-12-7-5-4-6-8-12/h4-11H,3H2,1-2H3,(H2,16,17,18,21). The van der Waals surface area contributed by atoms with Gasteiger partial charge in [-0.25, -0.2) is 0 Å². The van der Waals surface area contributed by atoms with E-state index in [9.17, 15) is 0 Å². The molecule has 110 valence electrons. The summed E-state index contributed by atoms with van der Waals surface area (Å²) in [7, 11) is 0. The molecule has 0 aliphatic rings. The molecule has 1 unspecified atom stereocenters. The number of anilines is 1. The fraction of sp³-hybridized carbons (Fsp3) is 0.267. The van der Waals surface area contributed by atoms with Crippen LogP contribution in [0, 0.1) is 0 Å². The van der Waals surface area contributed by atoms with Crippen molar-refractivity contribution in [2.24, 2.45) is 0 Å². The van der Waals surface area contributed by atoms with Crippen LogP contribution in [-0.4, -0.2) is 21.4 Å². The van der Waals surface area contributed by atoms with Gasteiger partial charge in [0.25, 0.3) is 0 Å². The van der Waals surface area contributed by atoms with Gasteiger partial charge in [-0.05, 0) is 43.8 Å². The van der Waals surface area contributed by atoms with Crippen LogP contribution in [0.1, 0.15) is 20.3 Å². The molecule has 0 aliphatic carbocycles. The largest absolute Gasteiger partial charge is 0.438 e. The molecule has 0 saturated heterocycles. The van der Waals surface area contributed by atoms with Crippen molar-refractivity contribution in [3.63, 3.8) is 0 Å². The Morgan fingerprint density at radius 2 is 1.95 bits per heavy atom. The first-order chi connectivity index (χ1) is 10.2. The van der Waals surface area contributed by atoms with Gasteiger partial charge < -0.3 is 15.4 Å². The number of thiocarbonyl (C=S) groups is 1. The van der Waals surface area contributed by atoms with Crippen molar-refractivity contribution >= 4 is 23.1 Å². The Morgan fingerprint density at radius 1 is 1.19 bits per heavy atom. The molecular weight excluding hydrogens is 284 g/mol. The number of ether oxygens (including phenoxy) is 1. The van der Waals surface area contributed by atoms with E-state index < -0.39 is 0 Å². The van der Waals surface area contributed by atoms with Crippen LogP contribution in [0.4, 0.5) is 5.82 Å². The summed E-state index contributed by atoms with van der Waals surface area (Å²) in [4.78, 5) is 0. The molecule has 0 radical (unpaired) electrons. The number of hydrogen-bond donors (Lipinski definition) is 2. The Balaban J connectivity index is 1.91. The maximum absolute atomic E-state index is 5.57. The van der Waals surface area contributed by atoms with E-state index in [1.54, 1.807) is 12.1 Å². The molecule has 21 heavy (non-hydrogen) atoms. The third-order valence-electron chi connectivity index (χ3n) is 2.84. The second kappa shape index (κ2) is 7.54. The third-order valence-corrected chi connectivity index (χ3v) is 3.06. The lowest BCUT2D eigenvalue weighted by Gasteiger charge is -2.14. The maximum atomic E-state index is 5.57. The van der Waals surface area contributed by atoms with Crippen molar-refractivity contribution in [1.82, 2.24) is 15.5 Å². The SMILES string of the molecule is CCC(C)NC(=S)Nc1ccc(Oc2ccccc2)nn1. The molecule has 0 aliphatic heterocycles. The van der Waals surface area contributed by atoms with Crippen molar-refractivity contribution in [3.8, 4) is 11.6 Å². The molecule has 0 fully saturated rings. The van der Waals surface area contributed by atoms with Crippen LogP contribution < -0.4 is 15.4 Å². The number of nitrogens with one attached hydrogen (secondary N) is 2. The number of para-hydroxylation sites is 1. The summed E-state index contributed by atoms with van der Waals surface area (Å²) in [6.45, 7) is 4.16. The first-order valence-corrected chi connectivity index (χ1v) is 7.22. The quantitative estimate of drug-likeness (QED) is 0.826. The van der Waals surface area contributed by atoms with E-state index >= 15 is 0 Å². The number of hydrogen-bond acceptors (Lipinski definition) is 4. The molecule has 1 aromatic heterocycles. The number of aromatic nitrogens is 2. The van der Waals surface area contributed by atoms with Crippen LogP contribution in [0.15, 0.2) is 42.5 Å². The van der Waals surface area contributed by atoms with E-state index in [-0.39, 0.29) is 0 Å². The van der Waals surface area contributed by atoms with E-state index in [0.29, 0.717) is 22.9 Å². The van der Waals surface area contributed by atoms with Crippen molar-refractivity contribution < 1.29 is 4.74 Å². The van der Waals surface area contributed by atoms with E-state index in [0.717, 1.165) is 12.2 Å². The minimum absolute atomic E-state index is 0.318. The summed E-state index contributed by atoms with van der Waals surface area (Å²) in [6.07, 6.45) is 0.997. The van der Waals surface area contributed by atoms with E-state index in [1.165, 1.54) is 0 Å². The van der Waals surface area contributed by atoms with E-state index in [4.69, 9.17) is 17.0 Å². The Kier molecular flexibility index (Phi) is 5.45. The minimum Gasteiger partial charge on any atom is -0.438 e. The molecule has 1 aromatic carbocycles. The predicted octanol–water partition coefficient (Wildman–Crippen LogP) is 3.35. The highest BCUT2D eigenvalue weighted by molar-refractivity contribution is 7.80. The van der Waals surface area contributed by atoms with Gasteiger partial charge in [-0.2, -0.15) is 0 Å². The molecule has 2 aromatic rings. The van der Waals surface area contributed by atoms with Crippen LogP contribution in [0.2, 0.25) is 0 Å². The molecule has 6 heteroatoms. The lowest BCUT2D eigenvalue weighted by molar-refractivity contribution is 0.455. The molecule has 1 heterocycles. The fourth-order valence-corrected chi connectivity index (χ4v) is 1.83. The Morgan fingerprint density at radius 3 is 2.57 bits per heavy atom. The smallest absolute Gasteiger partial charge is 0.238 e. The van der Waals surface area contributed by atoms with Gasteiger partial charge in [-0.15, -0.1) is 10.2 Å². The van der Waals surface area contributed by atoms with E-state index in [1.807, 2.05) is 30.3 Å². The molecule has 0 amide bonds. The lowest BCUT2D eigenvalue weighted by Crippen LogP contribution is -2.35. The number of rotatable bonds is 5. The highest BCUT2D eigenvalue weighted by atomic mass is 32.1. The van der Waals surface area contributed by atoms with Crippen LogP contribution in [0.3, 0.4) is 0 Å². The molecule has 0 spiro atoms. The highest BCUT2D eigenvalue weighted by Crippen LogP contribution is 2.18. The van der Waals surface area contributed by atoms with Crippen molar-refractivity contribution in [3.05, 3.63) is 42.5 Å². The second-order valence-electron chi connectivity index (χ2n) is 4.58. The molecule has 1 atom stereocenters. The Hall–Kier alpha value is -2.21. The monoisotopic (exact) mass is 302 g/mol. The van der Waals surface area contributed by atoms with Crippen molar-refractivity contribution in [1.29, 1.82) is 0 Å². The van der Waals surface area contributed by atoms with Crippen LogP contribution in [0.25, 0.3) is 0 Å². The van der Waals surface area contributed by atoms with Gasteiger partial charge in [0.15, 0.2) is 10.9 Å². The minimum atomic E-state index is 0.318. The van der Waals surface area contributed by atoms with Crippen molar-refractivity contribution in [2.45, 2.75) is 26.3 Å². The lowest BCUT2D eigenvalue weighted by atomic mass is 10.3. The van der Waals surface area contributed by atoms with Crippen molar-refractivity contribution in [2.75, 3.05) is 5.32 Å². The van der Waals surface area contributed by atoms with Gasteiger partial charge in [0, 0.05) is 12.1 Å². The van der Waals surface area contributed by atoms with Crippen LogP contribution in [-0.2, 0) is 0 Å². The molecular formula is C15H18N4OS. The molecule has 5 nitrogen and oxygen atoms in total. The summed E-state index contributed by atoms with van der Waals surface area (Å²) in [5, 5.41) is 14.7. The Labute approximate surface area is 129 Å². The maximum Gasteiger partial charge on any atom is 0.238 e. The van der Waals surface area contributed by atoms with Crippen LogP contribution in [0.5, 0.6) is 11.6 Å². The molecule has 0 saturated carbocycles. The van der Waals surface area contributed by atoms with Gasteiger partial charge in [-0.1, -0.05) is 25.1 Å². The van der Waals surface area contributed by atoms with Gasteiger partial charge >= 0.3 is 0 Å². The van der Waals surface area contributed by atoms with E-state index in [2.05, 4.69) is 34.7 Å². The molecule has 2 N–H and O–H groups in total. The topological polar surface area (TPSA) is 59.1 Å². The summed E-state index contributed by atoms with van der Waals surface area (Å²) in [5.41, 5.74) is 0. The van der Waals surface area contributed by atoms with Crippen LogP contribution >= 0.6 is 12.2 Å². The average molecular weight is 302 g/mol. The third kappa shape index (κ3) is 5.00. The summed E-state index contributed by atoms with van der Waals surface area (Å²) in [5.74, 6) is 1.74. The average Bonchev–Trinajstić information content (AvgIpc) is 2.50. The van der Waals surface area contributed by atoms with Gasteiger partial charge in [-0.3, -0.25) is 0 Å². The van der Waals surface area contributed by atoms with Gasteiger partial charge in [0.2, 0.25) is 5.88 Å². The van der Waals surface area contributed by atoms with Gasteiger partial charge in [0.1, 0.15) is 5.75 Å². The second-order valence-corrected chi connectivity index (χ2v) is 4.99. The zero-order valence-electron chi connectivity index (χ0n) is 12.0. The Bertz CT molecular complexity index is 574. The first kappa shape index (κ1) is 15.2. The fourth-order valence-electron chi connectivity index (χ4n) is 1.53.